The third-order valence-corrected chi connectivity index (χ3v) is 3.60. The normalized spacial score (nSPS) is 22.7. The second-order valence-electron chi connectivity index (χ2n) is 5.26. The van der Waals surface area contributed by atoms with Crippen molar-refractivity contribution in [3.63, 3.8) is 0 Å². The van der Waals surface area contributed by atoms with E-state index in [1.165, 1.54) is 4.90 Å². The minimum Gasteiger partial charge on any atom is -0.297 e. The van der Waals surface area contributed by atoms with Crippen LogP contribution in [0.1, 0.15) is 17.2 Å². The van der Waals surface area contributed by atoms with Crippen molar-refractivity contribution in [3.8, 4) is 0 Å². The summed E-state index contributed by atoms with van der Waals surface area (Å²) >= 11 is 0. The van der Waals surface area contributed by atoms with E-state index in [9.17, 15) is 13.2 Å². The predicted molar refractivity (Wildman–Crippen MR) is 69.0 cm³/mol. The molecule has 106 valence electrons. The van der Waals surface area contributed by atoms with Gasteiger partial charge in [0.15, 0.2) is 0 Å². The summed E-state index contributed by atoms with van der Waals surface area (Å²) in [7, 11) is 1.97. The standard InChI is InChI=1S/C14H19F3N2/c1-11-3-5-12(6-4-11)13-9-19(8-7-18(13)2)10-14(15,16)17/h3-6,13H,7-10H2,1-2H3/t13-/m0/s1. The van der Waals surface area contributed by atoms with E-state index in [4.69, 9.17) is 0 Å². The number of piperazine rings is 1. The smallest absolute Gasteiger partial charge is 0.297 e. The Labute approximate surface area is 111 Å². The number of hydrogen-bond donors (Lipinski definition) is 0. The Bertz CT molecular complexity index is 414. The molecule has 0 amide bonds. The molecule has 1 aromatic rings. The number of alkyl halides is 3. The summed E-state index contributed by atoms with van der Waals surface area (Å²) in [5.41, 5.74) is 2.24. The van der Waals surface area contributed by atoms with E-state index in [2.05, 4.69) is 4.90 Å². The Balaban J connectivity index is 2.08. The molecule has 1 heterocycles. The van der Waals surface area contributed by atoms with Crippen molar-refractivity contribution in [1.82, 2.24) is 9.80 Å². The first-order chi connectivity index (χ1) is 8.85. The van der Waals surface area contributed by atoms with Crippen molar-refractivity contribution in [2.24, 2.45) is 0 Å². The summed E-state index contributed by atoms with van der Waals surface area (Å²) in [5, 5.41) is 0. The van der Waals surface area contributed by atoms with Gasteiger partial charge in [-0.25, -0.2) is 0 Å². The summed E-state index contributed by atoms with van der Waals surface area (Å²) < 4.78 is 37.4. The van der Waals surface area contributed by atoms with Gasteiger partial charge < -0.3 is 0 Å². The maximum absolute atomic E-state index is 12.5. The maximum Gasteiger partial charge on any atom is 0.401 e. The molecule has 1 saturated heterocycles. The first-order valence-electron chi connectivity index (χ1n) is 6.41. The topological polar surface area (TPSA) is 6.48 Å². The third kappa shape index (κ3) is 3.94. The lowest BCUT2D eigenvalue weighted by Crippen LogP contribution is -2.49. The molecule has 0 unspecified atom stereocenters. The highest BCUT2D eigenvalue weighted by Gasteiger charge is 2.34. The predicted octanol–water partition coefficient (Wildman–Crippen LogP) is 2.85. The van der Waals surface area contributed by atoms with Crippen LogP contribution in [0.25, 0.3) is 0 Å². The van der Waals surface area contributed by atoms with Crippen molar-refractivity contribution in [2.45, 2.75) is 19.1 Å². The highest BCUT2D eigenvalue weighted by atomic mass is 19.4. The van der Waals surface area contributed by atoms with Gasteiger partial charge in [0, 0.05) is 25.7 Å². The molecule has 0 N–H and O–H groups in total. The molecule has 2 rings (SSSR count). The number of halogens is 3. The van der Waals surface area contributed by atoms with Crippen molar-refractivity contribution in [1.29, 1.82) is 0 Å². The highest BCUT2D eigenvalue weighted by Crippen LogP contribution is 2.26. The van der Waals surface area contributed by atoms with Gasteiger partial charge in [0.05, 0.1) is 6.54 Å². The molecule has 0 aliphatic carbocycles. The first-order valence-corrected chi connectivity index (χ1v) is 6.41. The Hall–Kier alpha value is -1.07. The zero-order valence-corrected chi connectivity index (χ0v) is 11.2. The van der Waals surface area contributed by atoms with Crippen LogP contribution in [0.15, 0.2) is 24.3 Å². The molecule has 0 saturated carbocycles. The van der Waals surface area contributed by atoms with E-state index in [1.807, 2.05) is 38.2 Å². The maximum atomic E-state index is 12.5. The summed E-state index contributed by atoms with van der Waals surface area (Å²) in [6.07, 6.45) is -4.12. The van der Waals surface area contributed by atoms with E-state index in [0.29, 0.717) is 19.6 Å². The Morgan fingerprint density at radius 1 is 1.16 bits per heavy atom. The van der Waals surface area contributed by atoms with Gasteiger partial charge in [-0.15, -0.1) is 0 Å². The monoisotopic (exact) mass is 272 g/mol. The molecule has 1 fully saturated rings. The van der Waals surface area contributed by atoms with Crippen LogP contribution >= 0.6 is 0 Å². The molecule has 0 radical (unpaired) electrons. The fourth-order valence-electron chi connectivity index (χ4n) is 2.48. The molecule has 1 atom stereocenters. The first kappa shape index (κ1) is 14.3. The van der Waals surface area contributed by atoms with Gasteiger partial charge in [-0.2, -0.15) is 13.2 Å². The van der Waals surface area contributed by atoms with Crippen molar-refractivity contribution in [2.75, 3.05) is 33.2 Å². The highest BCUT2D eigenvalue weighted by molar-refractivity contribution is 5.24. The van der Waals surface area contributed by atoms with Crippen LogP contribution in [-0.4, -0.2) is 49.2 Å². The van der Waals surface area contributed by atoms with Gasteiger partial charge in [0.2, 0.25) is 0 Å². The summed E-state index contributed by atoms with van der Waals surface area (Å²) in [6, 6.07) is 8.07. The lowest BCUT2D eigenvalue weighted by Gasteiger charge is -2.40. The van der Waals surface area contributed by atoms with Gasteiger partial charge in [0.1, 0.15) is 0 Å². The summed E-state index contributed by atoms with van der Waals surface area (Å²) in [5.74, 6) is 0. The zero-order valence-electron chi connectivity index (χ0n) is 11.2. The van der Waals surface area contributed by atoms with E-state index in [-0.39, 0.29) is 6.04 Å². The van der Waals surface area contributed by atoms with Crippen molar-refractivity contribution in [3.05, 3.63) is 35.4 Å². The largest absolute Gasteiger partial charge is 0.401 e. The fourth-order valence-corrected chi connectivity index (χ4v) is 2.48. The van der Waals surface area contributed by atoms with Gasteiger partial charge in [-0.3, -0.25) is 9.80 Å². The van der Waals surface area contributed by atoms with Gasteiger partial charge in [-0.05, 0) is 19.5 Å². The lowest BCUT2D eigenvalue weighted by atomic mass is 10.0. The number of hydrogen-bond acceptors (Lipinski definition) is 2. The van der Waals surface area contributed by atoms with Crippen LogP contribution in [0.5, 0.6) is 0 Å². The molecule has 1 aliphatic heterocycles. The van der Waals surface area contributed by atoms with Crippen LogP contribution in [-0.2, 0) is 0 Å². The van der Waals surface area contributed by atoms with Crippen LogP contribution in [0.4, 0.5) is 13.2 Å². The van der Waals surface area contributed by atoms with Gasteiger partial charge >= 0.3 is 6.18 Å². The van der Waals surface area contributed by atoms with E-state index >= 15 is 0 Å². The number of benzene rings is 1. The van der Waals surface area contributed by atoms with Crippen LogP contribution < -0.4 is 0 Å². The van der Waals surface area contributed by atoms with Gasteiger partial charge in [0.25, 0.3) is 0 Å². The van der Waals surface area contributed by atoms with Crippen molar-refractivity contribution >= 4 is 0 Å². The Morgan fingerprint density at radius 2 is 1.79 bits per heavy atom. The molecule has 1 aromatic carbocycles. The van der Waals surface area contributed by atoms with Crippen LogP contribution in [0, 0.1) is 6.92 Å². The molecule has 0 bridgehead atoms. The molecular formula is C14H19F3N2. The van der Waals surface area contributed by atoms with Crippen LogP contribution in [0.3, 0.4) is 0 Å². The van der Waals surface area contributed by atoms with E-state index in [0.717, 1.165) is 11.1 Å². The second kappa shape index (κ2) is 5.51. The fraction of sp³-hybridized carbons (Fsp3) is 0.571. The van der Waals surface area contributed by atoms with Crippen LogP contribution in [0.2, 0.25) is 0 Å². The summed E-state index contributed by atoms with van der Waals surface area (Å²) in [4.78, 5) is 3.61. The quantitative estimate of drug-likeness (QED) is 0.817. The van der Waals surface area contributed by atoms with Gasteiger partial charge in [-0.1, -0.05) is 29.8 Å². The lowest BCUT2D eigenvalue weighted by molar-refractivity contribution is -0.151. The number of nitrogens with zero attached hydrogens (tertiary/aromatic N) is 2. The SMILES string of the molecule is Cc1ccc([C@@H]2CN(CC(F)(F)F)CCN2C)cc1. The number of aryl methyl sites for hydroxylation is 1. The Morgan fingerprint density at radius 3 is 2.37 bits per heavy atom. The molecule has 0 aromatic heterocycles. The molecule has 2 nitrogen and oxygen atoms in total. The molecule has 5 heteroatoms. The Kier molecular flexibility index (Phi) is 4.16. The third-order valence-electron chi connectivity index (χ3n) is 3.60. The molecule has 0 spiro atoms. The summed E-state index contributed by atoms with van der Waals surface area (Å²) in [6.45, 7) is 2.75. The average Bonchev–Trinajstić information content (AvgIpc) is 2.31. The molecular weight excluding hydrogens is 253 g/mol. The van der Waals surface area contributed by atoms with E-state index in [1.54, 1.807) is 0 Å². The minimum atomic E-state index is -4.12. The minimum absolute atomic E-state index is 0.0386. The second-order valence-corrected chi connectivity index (χ2v) is 5.26. The average molecular weight is 272 g/mol. The molecule has 1 aliphatic rings. The zero-order chi connectivity index (χ0) is 14.0. The van der Waals surface area contributed by atoms with Crippen molar-refractivity contribution < 1.29 is 13.2 Å². The number of likely N-dealkylation sites (N-methyl/N-ethyl adjacent to an activating group) is 1. The number of rotatable bonds is 2. The molecule has 19 heavy (non-hydrogen) atoms. The van der Waals surface area contributed by atoms with E-state index < -0.39 is 12.7 Å².